The summed E-state index contributed by atoms with van der Waals surface area (Å²) >= 11 is 0. The molecule has 0 amide bonds. The topological polar surface area (TPSA) is 28.2 Å². The summed E-state index contributed by atoms with van der Waals surface area (Å²) in [6.45, 7) is 10.2. The maximum absolute atomic E-state index is 4.53. The lowest BCUT2D eigenvalue weighted by molar-refractivity contribution is 0.570. The number of anilines is 1. The second-order valence-electron chi connectivity index (χ2n) is 5.30. The Morgan fingerprint density at radius 1 is 1.58 bits per heavy atom. The first-order valence-electron chi connectivity index (χ1n) is 7.33. The fraction of sp³-hybridized carbons (Fsp3) is 0.562. The Bertz CT molecular complexity index is 412. The summed E-state index contributed by atoms with van der Waals surface area (Å²) in [4.78, 5) is 6.90. The summed E-state index contributed by atoms with van der Waals surface area (Å²) in [6.07, 6.45) is 7.61. The predicted octanol–water partition coefficient (Wildman–Crippen LogP) is 3.30. The van der Waals surface area contributed by atoms with Crippen LogP contribution in [0.25, 0.3) is 0 Å². The third-order valence-corrected chi connectivity index (χ3v) is 3.58. The summed E-state index contributed by atoms with van der Waals surface area (Å²) in [7, 11) is 0. The van der Waals surface area contributed by atoms with Crippen molar-refractivity contribution in [3.05, 3.63) is 36.5 Å². The number of hydrogen-bond acceptors (Lipinski definition) is 3. The highest BCUT2D eigenvalue weighted by Crippen LogP contribution is 2.31. The highest BCUT2D eigenvalue weighted by Gasteiger charge is 2.29. The van der Waals surface area contributed by atoms with Crippen molar-refractivity contribution in [1.82, 2.24) is 10.3 Å². The Hall–Kier alpha value is -1.35. The van der Waals surface area contributed by atoms with Crippen LogP contribution in [0.15, 0.2) is 31.0 Å². The molecule has 1 aliphatic rings. The molecule has 1 aliphatic carbocycles. The summed E-state index contributed by atoms with van der Waals surface area (Å²) < 4.78 is 0. The summed E-state index contributed by atoms with van der Waals surface area (Å²) in [5.74, 6) is 1.09. The fourth-order valence-corrected chi connectivity index (χ4v) is 2.29. The molecule has 1 saturated carbocycles. The SMILES string of the molecule is C=CCN(c1cc(C(C)NCCC)ccn1)C1CC1. The molecule has 0 bridgehead atoms. The van der Waals surface area contributed by atoms with Gasteiger partial charge in [-0.05, 0) is 50.4 Å². The van der Waals surface area contributed by atoms with Gasteiger partial charge in [-0.3, -0.25) is 0 Å². The van der Waals surface area contributed by atoms with Crippen LogP contribution < -0.4 is 10.2 Å². The Labute approximate surface area is 116 Å². The van der Waals surface area contributed by atoms with E-state index in [-0.39, 0.29) is 0 Å². The smallest absolute Gasteiger partial charge is 0.129 e. The summed E-state index contributed by atoms with van der Waals surface area (Å²) in [5.41, 5.74) is 1.31. The molecule has 1 heterocycles. The first-order valence-corrected chi connectivity index (χ1v) is 7.33. The fourth-order valence-electron chi connectivity index (χ4n) is 2.29. The van der Waals surface area contributed by atoms with Gasteiger partial charge in [0.2, 0.25) is 0 Å². The van der Waals surface area contributed by atoms with Crippen molar-refractivity contribution in [3.8, 4) is 0 Å². The second-order valence-corrected chi connectivity index (χ2v) is 5.30. The van der Waals surface area contributed by atoms with Gasteiger partial charge in [0.05, 0.1) is 0 Å². The second kappa shape index (κ2) is 6.71. The average Bonchev–Trinajstić information content (AvgIpc) is 3.26. The summed E-state index contributed by atoms with van der Waals surface area (Å²) in [5, 5.41) is 3.53. The molecule has 1 aromatic rings. The van der Waals surface area contributed by atoms with Gasteiger partial charge in [-0.15, -0.1) is 6.58 Å². The lowest BCUT2D eigenvalue weighted by Crippen LogP contribution is -2.27. The van der Waals surface area contributed by atoms with Crippen molar-refractivity contribution >= 4 is 5.82 Å². The molecule has 1 unspecified atom stereocenters. The molecule has 0 aromatic carbocycles. The Kier molecular flexibility index (Phi) is 4.97. The zero-order valence-electron chi connectivity index (χ0n) is 12.1. The van der Waals surface area contributed by atoms with Crippen molar-refractivity contribution in [2.45, 2.75) is 45.2 Å². The van der Waals surface area contributed by atoms with Crippen LogP contribution in [0.5, 0.6) is 0 Å². The van der Waals surface area contributed by atoms with Gasteiger partial charge in [-0.1, -0.05) is 13.0 Å². The van der Waals surface area contributed by atoms with Gasteiger partial charge < -0.3 is 10.2 Å². The molecule has 19 heavy (non-hydrogen) atoms. The number of nitrogens with zero attached hydrogens (tertiary/aromatic N) is 2. The van der Waals surface area contributed by atoms with Crippen LogP contribution in [-0.2, 0) is 0 Å². The third kappa shape index (κ3) is 3.80. The van der Waals surface area contributed by atoms with Gasteiger partial charge in [-0.25, -0.2) is 4.98 Å². The molecular weight excluding hydrogens is 234 g/mol. The van der Waals surface area contributed by atoms with E-state index in [2.05, 4.69) is 47.8 Å². The molecule has 1 fully saturated rings. The minimum Gasteiger partial charge on any atom is -0.350 e. The van der Waals surface area contributed by atoms with Crippen LogP contribution in [0.4, 0.5) is 5.82 Å². The number of hydrogen-bond donors (Lipinski definition) is 1. The molecule has 0 radical (unpaired) electrons. The van der Waals surface area contributed by atoms with Crippen LogP contribution in [0, 0.1) is 0 Å². The van der Waals surface area contributed by atoms with Crippen LogP contribution in [0.3, 0.4) is 0 Å². The van der Waals surface area contributed by atoms with E-state index in [1.165, 1.54) is 18.4 Å². The molecule has 0 spiro atoms. The molecule has 3 nitrogen and oxygen atoms in total. The maximum Gasteiger partial charge on any atom is 0.129 e. The van der Waals surface area contributed by atoms with E-state index in [0.29, 0.717) is 12.1 Å². The average molecular weight is 259 g/mol. The lowest BCUT2D eigenvalue weighted by atomic mass is 10.1. The maximum atomic E-state index is 4.53. The van der Waals surface area contributed by atoms with Gasteiger partial charge in [0.25, 0.3) is 0 Å². The molecule has 1 atom stereocenters. The number of rotatable bonds is 8. The molecule has 2 rings (SSSR count). The molecule has 1 N–H and O–H groups in total. The zero-order chi connectivity index (χ0) is 13.7. The van der Waals surface area contributed by atoms with Gasteiger partial charge >= 0.3 is 0 Å². The Balaban J connectivity index is 2.10. The quantitative estimate of drug-likeness (QED) is 0.726. The Morgan fingerprint density at radius 2 is 2.37 bits per heavy atom. The van der Waals surface area contributed by atoms with E-state index < -0.39 is 0 Å². The van der Waals surface area contributed by atoms with E-state index in [0.717, 1.165) is 25.3 Å². The van der Waals surface area contributed by atoms with Crippen LogP contribution in [-0.4, -0.2) is 24.1 Å². The van der Waals surface area contributed by atoms with Crippen LogP contribution in [0.2, 0.25) is 0 Å². The third-order valence-electron chi connectivity index (χ3n) is 3.58. The lowest BCUT2D eigenvalue weighted by Gasteiger charge is -2.23. The van der Waals surface area contributed by atoms with Crippen LogP contribution >= 0.6 is 0 Å². The molecule has 1 aromatic heterocycles. The molecule has 3 heteroatoms. The molecule has 0 aliphatic heterocycles. The first kappa shape index (κ1) is 14.1. The number of nitrogens with one attached hydrogen (secondary N) is 1. The normalized spacial score (nSPS) is 16.1. The predicted molar refractivity (Wildman–Crippen MR) is 81.5 cm³/mol. The largest absolute Gasteiger partial charge is 0.350 e. The summed E-state index contributed by atoms with van der Waals surface area (Å²) in [6, 6.07) is 5.37. The molecular formula is C16H25N3. The molecule has 0 saturated heterocycles. The standard InChI is InChI=1S/C16H25N3/c1-4-9-17-13(3)14-8-10-18-16(12-14)19(11-5-2)15-6-7-15/h5,8,10,12-13,15,17H,2,4,6-7,9,11H2,1,3H3. The van der Waals surface area contributed by atoms with Gasteiger partial charge in [0.1, 0.15) is 5.82 Å². The van der Waals surface area contributed by atoms with E-state index in [9.17, 15) is 0 Å². The van der Waals surface area contributed by atoms with E-state index in [1.54, 1.807) is 0 Å². The van der Waals surface area contributed by atoms with Crippen molar-refractivity contribution in [2.75, 3.05) is 18.0 Å². The Morgan fingerprint density at radius 3 is 3.00 bits per heavy atom. The van der Waals surface area contributed by atoms with Gasteiger partial charge in [0.15, 0.2) is 0 Å². The van der Waals surface area contributed by atoms with E-state index in [4.69, 9.17) is 0 Å². The number of aromatic nitrogens is 1. The van der Waals surface area contributed by atoms with Crippen molar-refractivity contribution < 1.29 is 0 Å². The van der Waals surface area contributed by atoms with Crippen molar-refractivity contribution in [2.24, 2.45) is 0 Å². The van der Waals surface area contributed by atoms with Crippen LogP contribution in [0.1, 0.15) is 44.7 Å². The van der Waals surface area contributed by atoms with Crippen molar-refractivity contribution in [1.29, 1.82) is 0 Å². The molecule has 104 valence electrons. The monoisotopic (exact) mass is 259 g/mol. The first-order chi connectivity index (χ1) is 9.26. The van der Waals surface area contributed by atoms with E-state index in [1.807, 2.05) is 12.3 Å². The number of pyridine rings is 1. The minimum atomic E-state index is 0.381. The van der Waals surface area contributed by atoms with E-state index >= 15 is 0 Å². The highest BCUT2D eigenvalue weighted by atomic mass is 15.2. The van der Waals surface area contributed by atoms with Gasteiger partial charge in [-0.2, -0.15) is 0 Å². The minimum absolute atomic E-state index is 0.381. The highest BCUT2D eigenvalue weighted by molar-refractivity contribution is 5.45. The van der Waals surface area contributed by atoms with Crippen molar-refractivity contribution in [3.63, 3.8) is 0 Å². The van der Waals surface area contributed by atoms with Gasteiger partial charge in [0, 0.05) is 24.8 Å². The zero-order valence-corrected chi connectivity index (χ0v) is 12.1.